The number of esters is 3. The second kappa shape index (κ2) is 63.8. The Morgan fingerprint density at radius 3 is 0.805 bits per heavy atom. The molecule has 0 aromatic rings. The molecule has 77 heavy (non-hydrogen) atoms. The van der Waals surface area contributed by atoms with Crippen molar-refractivity contribution in [3.8, 4) is 0 Å². The van der Waals surface area contributed by atoms with Crippen molar-refractivity contribution in [2.45, 2.75) is 271 Å². The molecule has 0 N–H and O–H groups in total. The summed E-state index contributed by atoms with van der Waals surface area (Å²) >= 11 is 0. The van der Waals surface area contributed by atoms with E-state index in [2.05, 4.69) is 167 Å². The summed E-state index contributed by atoms with van der Waals surface area (Å²) in [6, 6.07) is 0. The first-order valence-electron chi connectivity index (χ1n) is 31.3. The largest absolute Gasteiger partial charge is 0.462 e. The summed E-state index contributed by atoms with van der Waals surface area (Å²) in [5.74, 6) is -0.945. The van der Waals surface area contributed by atoms with Crippen LogP contribution >= 0.6 is 0 Å². The molecule has 434 valence electrons. The van der Waals surface area contributed by atoms with Crippen molar-refractivity contribution in [1.29, 1.82) is 0 Å². The van der Waals surface area contributed by atoms with E-state index in [0.29, 0.717) is 19.3 Å². The quantitative estimate of drug-likeness (QED) is 0.0261. The molecule has 0 saturated carbocycles. The fraction of sp³-hybridized carbons (Fsp3) is 0.620. The zero-order valence-electron chi connectivity index (χ0n) is 49.7. The average molecular weight is 1060 g/mol. The van der Waals surface area contributed by atoms with Gasteiger partial charge in [0.2, 0.25) is 0 Å². The third-order valence-corrected chi connectivity index (χ3v) is 12.8. The molecule has 0 fully saturated rings. The molecule has 1 atom stereocenters. The van der Waals surface area contributed by atoms with Crippen molar-refractivity contribution in [2.24, 2.45) is 0 Å². The van der Waals surface area contributed by atoms with Crippen LogP contribution in [0.3, 0.4) is 0 Å². The lowest BCUT2D eigenvalue weighted by molar-refractivity contribution is -0.167. The normalized spacial score (nSPS) is 13.1. The van der Waals surface area contributed by atoms with Crippen LogP contribution in [0.1, 0.15) is 265 Å². The first-order valence-corrected chi connectivity index (χ1v) is 31.3. The van der Waals surface area contributed by atoms with Crippen LogP contribution < -0.4 is 0 Å². The van der Waals surface area contributed by atoms with Gasteiger partial charge in [0, 0.05) is 19.3 Å². The Labute approximate surface area is 474 Å². The predicted molar refractivity (Wildman–Crippen MR) is 334 cm³/mol. The Hall–Kier alpha value is -4.71. The van der Waals surface area contributed by atoms with E-state index in [1.54, 1.807) is 0 Å². The second-order valence-corrected chi connectivity index (χ2v) is 20.2. The minimum Gasteiger partial charge on any atom is -0.462 e. The van der Waals surface area contributed by atoms with Gasteiger partial charge in [0.1, 0.15) is 13.2 Å². The van der Waals surface area contributed by atoms with Gasteiger partial charge in [0.15, 0.2) is 6.10 Å². The molecule has 0 aromatic carbocycles. The molecular weight excluding hydrogens is 949 g/mol. The molecule has 0 bridgehead atoms. The zero-order chi connectivity index (χ0) is 55.7. The van der Waals surface area contributed by atoms with Gasteiger partial charge in [0.05, 0.1) is 0 Å². The van der Waals surface area contributed by atoms with E-state index in [-0.39, 0.29) is 31.1 Å². The first kappa shape index (κ1) is 72.3. The molecule has 0 spiro atoms. The standard InChI is InChI=1S/C71H114O6/c1-4-7-10-13-16-19-22-25-27-29-30-31-32-33-34-35-36-37-38-39-40-42-43-46-49-52-55-58-61-64-70(73)76-67-68(66-75-69(72)63-60-57-54-51-48-45-24-21-18-15-12-9-6-3)77-71(74)65-62-59-56-53-50-47-44-41-28-26-23-20-17-14-11-8-5-2/h7-8,10-11,16-17,19-21,24-28,30-31,33-34,36-37,39-40,43,46,68H,4-6,9,12-15,18,22-23,29,32,35,38,41-42,44-45,47-67H2,1-3H3/b10-7-,11-8-,19-16-,20-17-,24-21-,27-25-,28-26-,31-30-,34-33-,37-36-,40-39-,46-43-. The van der Waals surface area contributed by atoms with Gasteiger partial charge in [-0.25, -0.2) is 0 Å². The molecule has 6 nitrogen and oxygen atoms in total. The molecule has 0 saturated heterocycles. The van der Waals surface area contributed by atoms with Crippen molar-refractivity contribution < 1.29 is 28.6 Å². The van der Waals surface area contributed by atoms with Gasteiger partial charge < -0.3 is 14.2 Å². The molecule has 0 amide bonds. The van der Waals surface area contributed by atoms with Crippen LogP contribution in [0.4, 0.5) is 0 Å². The summed E-state index contributed by atoms with van der Waals surface area (Å²) in [7, 11) is 0. The third kappa shape index (κ3) is 62.0. The molecule has 0 aliphatic rings. The number of hydrogen-bond acceptors (Lipinski definition) is 6. The highest BCUT2D eigenvalue weighted by Gasteiger charge is 2.19. The number of carbonyl (C=O) groups is 3. The Morgan fingerprint density at radius 2 is 0.506 bits per heavy atom. The van der Waals surface area contributed by atoms with Crippen LogP contribution in [-0.2, 0) is 28.6 Å². The van der Waals surface area contributed by atoms with E-state index in [4.69, 9.17) is 14.2 Å². The molecule has 0 rings (SSSR count). The Bertz CT molecular complexity index is 1700. The molecule has 0 aliphatic carbocycles. The van der Waals surface area contributed by atoms with Gasteiger partial charge in [-0.1, -0.05) is 250 Å². The monoisotopic (exact) mass is 1060 g/mol. The SMILES string of the molecule is CC/C=C\C/C=C\C/C=C\C/C=C\C/C=C\C/C=C\C/C=C\C/C=C\CCCCCCC(=O)OCC(COC(=O)CCCCCCC/C=C\CCCCCC)OC(=O)CCCCCCCCC/C=C\C/C=C\C/C=C\CC. The molecule has 0 radical (unpaired) electrons. The van der Waals surface area contributed by atoms with Crippen molar-refractivity contribution >= 4 is 17.9 Å². The molecule has 0 aliphatic heterocycles. The summed E-state index contributed by atoms with van der Waals surface area (Å²) in [5, 5.41) is 0. The van der Waals surface area contributed by atoms with E-state index in [1.807, 2.05) is 0 Å². The molecular formula is C71H114O6. The summed E-state index contributed by atoms with van der Waals surface area (Å²) < 4.78 is 16.9. The number of unbranched alkanes of at least 4 members (excludes halogenated alkanes) is 20. The van der Waals surface area contributed by atoms with E-state index < -0.39 is 6.10 Å². The highest BCUT2D eigenvalue weighted by atomic mass is 16.6. The van der Waals surface area contributed by atoms with Gasteiger partial charge in [0.25, 0.3) is 0 Å². The summed E-state index contributed by atoms with van der Waals surface area (Å²) in [6.07, 6.45) is 91.3. The van der Waals surface area contributed by atoms with Crippen molar-refractivity contribution in [3.05, 3.63) is 146 Å². The van der Waals surface area contributed by atoms with Crippen LogP contribution in [0.25, 0.3) is 0 Å². The van der Waals surface area contributed by atoms with Crippen molar-refractivity contribution in [3.63, 3.8) is 0 Å². The molecule has 1 unspecified atom stereocenters. The summed E-state index contributed by atoms with van der Waals surface area (Å²) in [6.45, 7) is 6.36. The number of allylic oxidation sites excluding steroid dienone is 24. The van der Waals surface area contributed by atoms with Crippen LogP contribution in [0.2, 0.25) is 0 Å². The fourth-order valence-corrected chi connectivity index (χ4v) is 8.17. The minimum absolute atomic E-state index is 0.0993. The van der Waals surface area contributed by atoms with Crippen molar-refractivity contribution in [2.75, 3.05) is 13.2 Å². The van der Waals surface area contributed by atoms with E-state index in [0.717, 1.165) is 161 Å². The maximum Gasteiger partial charge on any atom is 0.306 e. The number of rotatable bonds is 55. The lowest BCUT2D eigenvalue weighted by Crippen LogP contribution is -2.30. The number of hydrogen-bond donors (Lipinski definition) is 0. The lowest BCUT2D eigenvalue weighted by Gasteiger charge is -2.18. The van der Waals surface area contributed by atoms with Crippen LogP contribution in [0.15, 0.2) is 146 Å². The number of ether oxygens (including phenoxy) is 3. The molecule has 0 aromatic heterocycles. The van der Waals surface area contributed by atoms with Crippen molar-refractivity contribution in [1.82, 2.24) is 0 Å². The van der Waals surface area contributed by atoms with Crippen LogP contribution in [-0.4, -0.2) is 37.2 Å². The van der Waals surface area contributed by atoms with E-state index in [9.17, 15) is 14.4 Å². The fourth-order valence-electron chi connectivity index (χ4n) is 8.17. The van der Waals surface area contributed by atoms with Gasteiger partial charge >= 0.3 is 17.9 Å². The average Bonchev–Trinajstić information content (AvgIpc) is 3.43. The zero-order valence-corrected chi connectivity index (χ0v) is 49.7. The first-order chi connectivity index (χ1) is 38.0. The minimum atomic E-state index is -0.804. The maximum absolute atomic E-state index is 12.9. The Balaban J connectivity index is 4.41. The smallest absolute Gasteiger partial charge is 0.306 e. The third-order valence-electron chi connectivity index (χ3n) is 12.8. The Kier molecular flexibility index (Phi) is 59.9. The molecule has 0 heterocycles. The Morgan fingerprint density at radius 1 is 0.273 bits per heavy atom. The summed E-state index contributed by atoms with van der Waals surface area (Å²) in [5.41, 5.74) is 0. The van der Waals surface area contributed by atoms with E-state index >= 15 is 0 Å². The van der Waals surface area contributed by atoms with Crippen LogP contribution in [0, 0.1) is 0 Å². The van der Waals surface area contributed by atoms with Gasteiger partial charge in [-0.3, -0.25) is 14.4 Å². The summed E-state index contributed by atoms with van der Waals surface area (Å²) in [4.78, 5) is 38.3. The van der Waals surface area contributed by atoms with Gasteiger partial charge in [-0.2, -0.15) is 0 Å². The number of carbonyl (C=O) groups excluding carboxylic acids is 3. The highest BCUT2D eigenvalue weighted by Crippen LogP contribution is 2.14. The second-order valence-electron chi connectivity index (χ2n) is 20.2. The maximum atomic E-state index is 12.9. The topological polar surface area (TPSA) is 78.9 Å². The van der Waals surface area contributed by atoms with Crippen LogP contribution in [0.5, 0.6) is 0 Å². The van der Waals surface area contributed by atoms with Gasteiger partial charge in [-0.05, 0) is 141 Å². The molecule has 6 heteroatoms. The van der Waals surface area contributed by atoms with E-state index in [1.165, 1.54) is 64.2 Å². The predicted octanol–water partition coefficient (Wildman–Crippen LogP) is 21.5. The lowest BCUT2D eigenvalue weighted by atomic mass is 10.1. The highest BCUT2D eigenvalue weighted by molar-refractivity contribution is 5.71. The van der Waals surface area contributed by atoms with Gasteiger partial charge in [-0.15, -0.1) is 0 Å².